The molecule has 4 rings (SSSR count). The second kappa shape index (κ2) is 8.33. The second-order valence-corrected chi connectivity index (χ2v) is 8.70. The van der Waals surface area contributed by atoms with Gasteiger partial charge >= 0.3 is 0 Å². The number of carbonyl (C=O) groups is 3. The molecule has 9 heteroatoms. The van der Waals surface area contributed by atoms with Crippen LogP contribution in [0.3, 0.4) is 0 Å². The average molecular weight is 478 g/mol. The van der Waals surface area contributed by atoms with E-state index in [1.54, 1.807) is 17.9 Å². The molecule has 0 radical (unpaired) electrons. The fraction of sp³-hybridized carbons (Fsp3) is 0.350. The zero-order chi connectivity index (χ0) is 20.5. The van der Waals surface area contributed by atoms with Crippen LogP contribution in [0.1, 0.15) is 12.5 Å². The average Bonchev–Trinajstić information content (AvgIpc) is 3.18. The third kappa shape index (κ3) is 3.99. The van der Waals surface area contributed by atoms with Crippen LogP contribution in [-0.2, 0) is 20.9 Å². The Morgan fingerprint density at radius 3 is 2.72 bits per heavy atom. The van der Waals surface area contributed by atoms with Gasteiger partial charge in [-0.1, -0.05) is 15.9 Å². The molecule has 1 aromatic heterocycles. The molecule has 3 amide bonds. The minimum atomic E-state index is -0.275. The summed E-state index contributed by atoms with van der Waals surface area (Å²) in [6.45, 7) is 4.65. The fourth-order valence-electron chi connectivity index (χ4n) is 3.52. The van der Waals surface area contributed by atoms with E-state index in [-0.39, 0.29) is 23.6 Å². The van der Waals surface area contributed by atoms with Crippen molar-refractivity contribution in [3.05, 3.63) is 39.3 Å². The molecular formula is C20H20BrN3O4S. The molecule has 7 nitrogen and oxygen atoms in total. The van der Waals surface area contributed by atoms with Gasteiger partial charge in [-0.2, -0.15) is 0 Å². The Morgan fingerprint density at radius 2 is 2.03 bits per heavy atom. The van der Waals surface area contributed by atoms with Crippen LogP contribution in [0.4, 0.5) is 4.79 Å². The van der Waals surface area contributed by atoms with Crippen molar-refractivity contribution in [1.29, 1.82) is 0 Å². The molecule has 0 bridgehead atoms. The molecule has 0 N–H and O–H groups in total. The molecule has 0 spiro atoms. The second-order valence-electron chi connectivity index (χ2n) is 6.79. The Balaban J connectivity index is 1.69. The highest BCUT2D eigenvalue weighted by molar-refractivity contribution is 9.10. The summed E-state index contributed by atoms with van der Waals surface area (Å²) in [6, 6.07) is 5.83. The molecule has 2 aromatic rings. The molecule has 1 aromatic carbocycles. The van der Waals surface area contributed by atoms with Gasteiger partial charge < -0.3 is 14.2 Å². The summed E-state index contributed by atoms with van der Waals surface area (Å²) in [5.41, 5.74) is 1.70. The maximum atomic E-state index is 12.7. The number of thioether (sulfide) groups is 1. The summed E-state index contributed by atoms with van der Waals surface area (Å²) < 4.78 is 8.12. The Bertz CT molecular complexity index is 1030. The standard InChI is InChI=1S/C20H20BrN3O4S/c1-2-24-19(26)17(29-20(24)27)9-13-11-23(16-4-3-14(21)10-15(13)16)12-18(25)22-5-7-28-8-6-22/h3-4,9-11H,2,5-8,12H2,1H3/b17-9-. The maximum absolute atomic E-state index is 12.7. The van der Waals surface area contributed by atoms with Crippen molar-refractivity contribution in [2.24, 2.45) is 0 Å². The molecule has 0 atom stereocenters. The smallest absolute Gasteiger partial charge is 0.293 e. The molecule has 29 heavy (non-hydrogen) atoms. The van der Waals surface area contributed by atoms with Crippen molar-refractivity contribution in [2.75, 3.05) is 32.8 Å². The van der Waals surface area contributed by atoms with Crippen molar-refractivity contribution in [3.63, 3.8) is 0 Å². The van der Waals surface area contributed by atoms with Crippen LogP contribution in [0.2, 0.25) is 0 Å². The molecule has 0 aliphatic carbocycles. The SMILES string of the molecule is CCN1C(=O)S/C(=C\c2cn(CC(=O)N3CCOCC3)c3ccc(Br)cc23)C1=O. The van der Waals surface area contributed by atoms with Crippen molar-refractivity contribution in [1.82, 2.24) is 14.4 Å². The Kier molecular flexibility index (Phi) is 5.80. The van der Waals surface area contributed by atoms with E-state index in [1.165, 1.54) is 4.90 Å². The number of morpholine rings is 1. The van der Waals surface area contributed by atoms with Gasteiger partial charge in [0.15, 0.2) is 0 Å². The van der Waals surface area contributed by atoms with Crippen LogP contribution in [0, 0.1) is 0 Å². The van der Waals surface area contributed by atoms with Crippen molar-refractivity contribution >= 4 is 61.7 Å². The van der Waals surface area contributed by atoms with E-state index in [2.05, 4.69) is 15.9 Å². The highest BCUT2D eigenvalue weighted by atomic mass is 79.9. The van der Waals surface area contributed by atoms with Gasteiger partial charge in [-0.25, -0.2) is 0 Å². The predicted molar refractivity (Wildman–Crippen MR) is 115 cm³/mol. The van der Waals surface area contributed by atoms with Crippen LogP contribution in [0.25, 0.3) is 17.0 Å². The number of rotatable bonds is 4. The first-order chi connectivity index (χ1) is 14.0. The Labute approximate surface area is 180 Å². The van der Waals surface area contributed by atoms with E-state index in [1.807, 2.05) is 29.0 Å². The van der Waals surface area contributed by atoms with Gasteiger partial charge in [0.05, 0.1) is 18.1 Å². The highest BCUT2D eigenvalue weighted by Crippen LogP contribution is 2.34. The minimum absolute atomic E-state index is 0.0333. The molecule has 2 aliphatic rings. The van der Waals surface area contributed by atoms with Crippen LogP contribution >= 0.6 is 27.7 Å². The number of imide groups is 1. The maximum Gasteiger partial charge on any atom is 0.293 e. The van der Waals surface area contributed by atoms with Crippen LogP contribution in [0.15, 0.2) is 33.8 Å². The zero-order valence-electron chi connectivity index (χ0n) is 15.9. The van der Waals surface area contributed by atoms with E-state index in [0.717, 1.165) is 32.7 Å². The number of amides is 3. The number of ether oxygens (including phenoxy) is 1. The number of fused-ring (bicyclic) bond motifs is 1. The number of hydrogen-bond donors (Lipinski definition) is 0. The number of benzene rings is 1. The van der Waals surface area contributed by atoms with Gasteiger partial charge in [-0.05, 0) is 43.0 Å². The first-order valence-electron chi connectivity index (χ1n) is 9.37. The number of halogens is 1. The summed E-state index contributed by atoms with van der Waals surface area (Å²) in [6.07, 6.45) is 3.61. The first kappa shape index (κ1) is 20.2. The fourth-order valence-corrected chi connectivity index (χ4v) is 4.77. The summed E-state index contributed by atoms with van der Waals surface area (Å²) >= 11 is 4.44. The van der Waals surface area contributed by atoms with Gasteiger partial charge in [0.25, 0.3) is 11.1 Å². The summed E-state index contributed by atoms with van der Waals surface area (Å²) in [4.78, 5) is 40.6. The van der Waals surface area contributed by atoms with E-state index in [4.69, 9.17) is 4.74 Å². The third-order valence-electron chi connectivity index (χ3n) is 5.02. The number of carbonyl (C=O) groups excluding carboxylic acids is 3. The van der Waals surface area contributed by atoms with E-state index in [9.17, 15) is 14.4 Å². The lowest BCUT2D eigenvalue weighted by molar-refractivity contribution is -0.135. The molecule has 2 aliphatic heterocycles. The lowest BCUT2D eigenvalue weighted by atomic mass is 10.1. The van der Waals surface area contributed by atoms with Gasteiger partial charge in [0.2, 0.25) is 5.91 Å². The molecular weight excluding hydrogens is 458 g/mol. The molecule has 2 saturated heterocycles. The summed E-state index contributed by atoms with van der Waals surface area (Å²) in [5.74, 6) is -0.242. The number of nitrogens with zero attached hydrogens (tertiary/aromatic N) is 3. The normalized spacial score (nSPS) is 19.0. The topological polar surface area (TPSA) is 71.8 Å². The van der Waals surface area contributed by atoms with Gasteiger partial charge in [0, 0.05) is 46.8 Å². The molecule has 3 heterocycles. The van der Waals surface area contributed by atoms with Crippen molar-refractivity contribution in [3.8, 4) is 0 Å². The van der Waals surface area contributed by atoms with Crippen molar-refractivity contribution < 1.29 is 19.1 Å². The molecule has 0 unspecified atom stereocenters. The van der Waals surface area contributed by atoms with E-state index < -0.39 is 0 Å². The zero-order valence-corrected chi connectivity index (χ0v) is 18.3. The number of hydrogen-bond acceptors (Lipinski definition) is 5. The first-order valence-corrected chi connectivity index (χ1v) is 11.0. The molecule has 152 valence electrons. The van der Waals surface area contributed by atoms with Crippen LogP contribution < -0.4 is 0 Å². The Hall–Kier alpha value is -2.10. The van der Waals surface area contributed by atoms with Gasteiger partial charge in [-0.3, -0.25) is 19.3 Å². The van der Waals surface area contributed by atoms with Crippen LogP contribution in [-0.4, -0.2) is 64.3 Å². The van der Waals surface area contributed by atoms with Crippen LogP contribution in [0.5, 0.6) is 0 Å². The molecule has 0 saturated carbocycles. The highest BCUT2D eigenvalue weighted by Gasteiger charge is 2.34. The summed E-state index contributed by atoms with van der Waals surface area (Å²) in [5, 5.41) is 0.661. The van der Waals surface area contributed by atoms with E-state index in [0.29, 0.717) is 37.8 Å². The van der Waals surface area contributed by atoms with Crippen molar-refractivity contribution in [2.45, 2.75) is 13.5 Å². The Morgan fingerprint density at radius 1 is 1.28 bits per heavy atom. The lowest BCUT2D eigenvalue weighted by Crippen LogP contribution is -2.42. The number of aromatic nitrogens is 1. The number of likely N-dealkylation sites (N-methyl/N-ethyl adjacent to an activating group) is 1. The largest absolute Gasteiger partial charge is 0.378 e. The van der Waals surface area contributed by atoms with E-state index >= 15 is 0 Å². The van der Waals surface area contributed by atoms with Gasteiger partial charge in [-0.15, -0.1) is 0 Å². The molecule has 2 fully saturated rings. The third-order valence-corrected chi connectivity index (χ3v) is 6.42. The monoisotopic (exact) mass is 477 g/mol. The lowest BCUT2D eigenvalue weighted by Gasteiger charge is -2.27. The predicted octanol–water partition coefficient (Wildman–Crippen LogP) is 3.32. The minimum Gasteiger partial charge on any atom is -0.378 e. The quantitative estimate of drug-likeness (QED) is 0.631. The summed E-state index contributed by atoms with van der Waals surface area (Å²) in [7, 11) is 0. The van der Waals surface area contributed by atoms with Gasteiger partial charge in [0.1, 0.15) is 6.54 Å².